The molecule has 0 radical (unpaired) electrons. The normalized spacial score (nSPS) is 19.5. The van der Waals surface area contributed by atoms with Gasteiger partial charge in [0.1, 0.15) is 5.82 Å². The van der Waals surface area contributed by atoms with Gasteiger partial charge in [0.05, 0.1) is 25.2 Å². The lowest BCUT2D eigenvalue weighted by atomic mass is 9.82. The number of rotatable bonds is 5. The average molecular weight is 281 g/mol. The van der Waals surface area contributed by atoms with E-state index in [0.29, 0.717) is 32.7 Å². The van der Waals surface area contributed by atoms with Gasteiger partial charge < -0.3 is 9.84 Å². The predicted molar refractivity (Wildman–Crippen MR) is 73.0 cm³/mol. The van der Waals surface area contributed by atoms with Crippen molar-refractivity contribution in [2.75, 3.05) is 26.3 Å². The third-order valence-electron chi connectivity index (χ3n) is 4.03. The van der Waals surface area contributed by atoms with Crippen molar-refractivity contribution in [2.45, 2.75) is 25.3 Å². The number of carbonyl (C=O) groups is 1. The Labute approximate surface area is 118 Å². The van der Waals surface area contributed by atoms with E-state index in [9.17, 15) is 14.3 Å². The van der Waals surface area contributed by atoms with E-state index in [1.807, 2.05) is 6.92 Å². The Morgan fingerprint density at radius 1 is 1.35 bits per heavy atom. The topological polar surface area (TPSA) is 49.8 Å². The lowest BCUT2D eigenvalue weighted by Crippen LogP contribution is -2.52. The SMILES string of the molecule is CCC(CC(=O)O)(c1ccc(F)cc1)N1CCOCC1. The minimum atomic E-state index is -0.845. The average Bonchev–Trinajstić information content (AvgIpc) is 2.46. The predicted octanol–water partition coefficient (Wildman–Crippen LogP) is 2.24. The van der Waals surface area contributed by atoms with Crippen LogP contribution in [0.25, 0.3) is 0 Å². The molecule has 0 bridgehead atoms. The highest BCUT2D eigenvalue weighted by atomic mass is 19.1. The number of ether oxygens (including phenoxy) is 1. The molecule has 1 heterocycles. The highest BCUT2D eigenvalue weighted by Gasteiger charge is 2.39. The summed E-state index contributed by atoms with van der Waals surface area (Å²) in [5.41, 5.74) is 0.259. The van der Waals surface area contributed by atoms with Crippen molar-refractivity contribution in [1.82, 2.24) is 4.90 Å². The van der Waals surface area contributed by atoms with Crippen LogP contribution in [0.1, 0.15) is 25.3 Å². The smallest absolute Gasteiger partial charge is 0.305 e. The number of aliphatic carboxylic acids is 1. The van der Waals surface area contributed by atoms with Crippen molar-refractivity contribution in [1.29, 1.82) is 0 Å². The first-order valence-corrected chi connectivity index (χ1v) is 6.89. The number of nitrogens with zero attached hydrogens (tertiary/aromatic N) is 1. The van der Waals surface area contributed by atoms with Gasteiger partial charge in [-0.1, -0.05) is 19.1 Å². The second-order valence-electron chi connectivity index (χ2n) is 5.06. The Morgan fingerprint density at radius 3 is 2.45 bits per heavy atom. The van der Waals surface area contributed by atoms with Crippen molar-refractivity contribution in [3.8, 4) is 0 Å². The Balaban J connectivity index is 2.39. The number of carboxylic acids is 1. The van der Waals surface area contributed by atoms with Crippen molar-refractivity contribution < 1.29 is 19.0 Å². The summed E-state index contributed by atoms with van der Waals surface area (Å²) in [4.78, 5) is 13.5. The van der Waals surface area contributed by atoms with Gasteiger partial charge in [0, 0.05) is 13.1 Å². The maximum atomic E-state index is 13.1. The van der Waals surface area contributed by atoms with Gasteiger partial charge in [-0.05, 0) is 24.1 Å². The summed E-state index contributed by atoms with van der Waals surface area (Å²) in [6, 6.07) is 6.17. The van der Waals surface area contributed by atoms with Gasteiger partial charge in [-0.25, -0.2) is 4.39 Å². The minimum Gasteiger partial charge on any atom is -0.481 e. The summed E-state index contributed by atoms with van der Waals surface area (Å²) >= 11 is 0. The molecule has 0 spiro atoms. The van der Waals surface area contributed by atoms with Crippen molar-refractivity contribution in [2.24, 2.45) is 0 Å². The first-order chi connectivity index (χ1) is 9.58. The summed E-state index contributed by atoms with van der Waals surface area (Å²) in [6.07, 6.45) is 0.667. The maximum absolute atomic E-state index is 13.1. The second kappa shape index (κ2) is 6.33. The van der Waals surface area contributed by atoms with E-state index in [1.54, 1.807) is 12.1 Å². The molecule has 1 unspecified atom stereocenters. The van der Waals surface area contributed by atoms with E-state index in [4.69, 9.17) is 4.74 Å². The minimum absolute atomic E-state index is 0.00906. The number of hydrogen-bond donors (Lipinski definition) is 1. The van der Waals surface area contributed by atoms with Crippen LogP contribution in [0, 0.1) is 5.82 Å². The largest absolute Gasteiger partial charge is 0.481 e. The summed E-state index contributed by atoms with van der Waals surface area (Å²) in [6.45, 7) is 4.56. The molecule has 0 aliphatic carbocycles. The van der Waals surface area contributed by atoms with Crippen LogP contribution in [0.5, 0.6) is 0 Å². The van der Waals surface area contributed by atoms with Crippen LogP contribution in [0.4, 0.5) is 4.39 Å². The van der Waals surface area contributed by atoms with Gasteiger partial charge in [0.15, 0.2) is 0 Å². The molecule has 1 N–H and O–H groups in total. The maximum Gasteiger partial charge on any atom is 0.305 e. The highest BCUT2D eigenvalue weighted by Crippen LogP contribution is 2.36. The summed E-state index contributed by atoms with van der Waals surface area (Å²) in [7, 11) is 0. The third kappa shape index (κ3) is 2.99. The summed E-state index contributed by atoms with van der Waals surface area (Å²) < 4.78 is 18.5. The molecular weight excluding hydrogens is 261 g/mol. The highest BCUT2D eigenvalue weighted by molar-refractivity contribution is 5.69. The van der Waals surface area contributed by atoms with Crippen molar-refractivity contribution >= 4 is 5.97 Å². The van der Waals surface area contributed by atoms with Gasteiger partial charge in [-0.2, -0.15) is 0 Å². The second-order valence-corrected chi connectivity index (χ2v) is 5.06. The van der Waals surface area contributed by atoms with Gasteiger partial charge in [-0.3, -0.25) is 9.69 Å². The molecule has 5 heteroatoms. The zero-order valence-corrected chi connectivity index (χ0v) is 11.6. The number of hydrogen-bond acceptors (Lipinski definition) is 3. The van der Waals surface area contributed by atoms with Gasteiger partial charge in [0.25, 0.3) is 0 Å². The lowest BCUT2D eigenvalue weighted by molar-refractivity contribution is -0.142. The molecule has 0 aromatic heterocycles. The van der Waals surface area contributed by atoms with E-state index in [1.165, 1.54) is 12.1 Å². The van der Waals surface area contributed by atoms with Gasteiger partial charge in [-0.15, -0.1) is 0 Å². The molecule has 20 heavy (non-hydrogen) atoms. The molecule has 1 atom stereocenters. The van der Waals surface area contributed by atoms with Crippen LogP contribution in [0.15, 0.2) is 24.3 Å². The molecular formula is C15H20FNO3. The molecule has 1 saturated heterocycles. The molecule has 4 nitrogen and oxygen atoms in total. The molecule has 1 fully saturated rings. The monoisotopic (exact) mass is 281 g/mol. The number of halogens is 1. The van der Waals surface area contributed by atoms with Crippen LogP contribution >= 0.6 is 0 Å². The molecule has 2 rings (SSSR count). The van der Waals surface area contributed by atoms with Crippen LogP contribution < -0.4 is 0 Å². The number of carboxylic acid groups (broad SMARTS) is 1. The van der Waals surface area contributed by atoms with E-state index < -0.39 is 11.5 Å². The van der Waals surface area contributed by atoms with E-state index in [2.05, 4.69) is 4.90 Å². The fraction of sp³-hybridized carbons (Fsp3) is 0.533. The molecule has 1 aromatic rings. The van der Waals surface area contributed by atoms with Crippen molar-refractivity contribution in [3.05, 3.63) is 35.6 Å². The fourth-order valence-corrected chi connectivity index (χ4v) is 2.95. The summed E-state index contributed by atoms with van der Waals surface area (Å²) in [5, 5.41) is 9.29. The van der Waals surface area contributed by atoms with E-state index in [-0.39, 0.29) is 12.2 Å². The Morgan fingerprint density at radius 2 is 1.95 bits per heavy atom. The lowest BCUT2D eigenvalue weighted by Gasteiger charge is -2.45. The number of benzene rings is 1. The first kappa shape index (κ1) is 14.9. The van der Waals surface area contributed by atoms with Gasteiger partial charge >= 0.3 is 5.97 Å². The van der Waals surface area contributed by atoms with Gasteiger partial charge in [0.2, 0.25) is 0 Å². The third-order valence-corrected chi connectivity index (χ3v) is 4.03. The summed E-state index contributed by atoms with van der Waals surface area (Å²) in [5.74, 6) is -1.15. The quantitative estimate of drug-likeness (QED) is 0.899. The Hall–Kier alpha value is -1.46. The molecule has 0 saturated carbocycles. The van der Waals surface area contributed by atoms with Crippen LogP contribution in [-0.4, -0.2) is 42.3 Å². The molecule has 0 amide bonds. The van der Waals surface area contributed by atoms with Crippen LogP contribution in [0.3, 0.4) is 0 Å². The Bertz CT molecular complexity index is 457. The van der Waals surface area contributed by atoms with E-state index >= 15 is 0 Å². The standard InChI is InChI=1S/C15H20FNO3/c1-2-15(11-14(18)19,17-7-9-20-10-8-17)12-3-5-13(16)6-4-12/h3-6H,2,7-11H2,1H3,(H,18,19). The van der Waals surface area contributed by atoms with Crippen LogP contribution in [-0.2, 0) is 15.1 Å². The van der Waals surface area contributed by atoms with Crippen LogP contribution in [0.2, 0.25) is 0 Å². The molecule has 110 valence electrons. The molecule has 1 aromatic carbocycles. The first-order valence-electron chi connectivity index (χ1n) is 6.89. The van der Waals surface area contributed by atoms with E-state index in [0.717, 1.165) is 5.56 Å². The molecule has 1 aliphatic heterocycles. The zero-order chi connectivity index (χ0) is 14.6. The molecule has 1 aliphatic rings. The fourth-order valence-electron chi connectivity index (χ4n) is 2.95. The number of morpholine rings is 1. The zero-order valence-electron chi connectivity index (χ0n) is 11.6. The Kier molecular flexibility index (Phi) is 4.73. The van der Waals surface area contributed by atoms with Crippen molar-refractivity contribution in [3.63, 3.8) is 0 Å².